The summed E-state index contributed by atoms with van der Waals surface area (Å²) in [6.07, 6.45) is 2.86. The molecule has 0 saturated heterocycles. The Labute approximate surface area is 131 Å². The Hall–Kier alpha value is -1.45. The second-order valence-corrected chi connectivity index (χ2v) is 6.82. The molecule has 0 saturated carbocycles. The van der Waals surface area contributed by atoms with Crippen molar-refractivity contribution in [2.24, 2.45) is 0 Å². The predicted molar refractivity (Wildman–Crippen MR) is 93.1 cm³/mol. The average molecular weight is 300 g/mol. The first-order chi connectivity index (χ1) is 10.1. The summed E-state index contributed by atoms with van der Waals surface area (Å²) in [5.41, 5.74) is 3.73. The van der Waals surface area contributed by atoms with Crippen LogP contribution in [0.15, 0.2) is 36.9 Å². The zero-order chi connectivity index (χ0) is 15.2. The molecule has 0 spiro atoms. The van der Waals surface area contributed by atoms with E-state index in [-0.39, 0.29) is 0 Å². The Kier molecular flexibility index (Phi) is 5.71. The molecular weight excluding hydrogens is 276 g/mol. The lowest BCUT2D eigenvalue weighted by Gasteiger charge is -2.06. The van der Waals surface area contributed by atoms with Gasteiger partial charge in [0.1, 0.15) is 0 Å². The van der Waals surface area contributed by atoms with Gasteiger partial charge in [0, 0.05) is 30.0 Å². The lowest BCUT2D eigenvalue weighted by molar-refractivity contribution is 0.742. The number of aromatic nitrogens is 1. The highest BCUT2D eigenvalue weighted by molar-refractivity contribution is 7.12. The van der Waals surface area contributed by atoms with Gasteiger partial charge in [0.2, 0.25) is 0 Å². The van der Waals surface area contributed by atoms with Crippen molar-refractivity contribution < 1.29 is 0 Å². The topological polar surface area (TPSA) is 24.9 Å². The van der Waals surface area contributed by atoms with Gasteiger partial charge in [-0.1, -0.05) is 44.2 Å². The number of rotatable bonds is 7. The van der Waals surface area contributed by atoms with Gasteiger partial charge in [-0.2, -0.15) is 0 Å². The summed E-state index contributed by atoms with van der Waals surface area (Å²) in [6, 6.07) is 8.81. The fourth-order valence-electron chi connectivity index (χ4n) is 2.25. The maximum atomic E-state index is 4.80. The van der Waals surface area contributed by atoms with Crippen LogP contribution in [0.4, 0.5) is 0 Å². The maximum absolute atomic E-state index is 4.80. The monoisotopic (exact) mass is 300 g/mol. The van der Waals surface area contributed by atoms with Gasteiger partial charge in [0.25, 0.3) is 0 Å². The van der Waals surface area contributed by atoms with Crippen LogP contribution in [0.25, 0.3) is 11.3 Å². The second-order valence-electron chi connectivity index (χ2n) is 5.53. The summed E-state index contributed by atoms with van der Waals surface area (Å²) < 4.78 is 0. The van der Waals surface area contributed by atoms with Crippen LogP contribution in [0.5, 0.6) is 0 Å². The van der Waals surface area contributed by atoms with E-state index in [0.29, 0.717) is 5.92 Å². The van der Waals surface area contributed by atoms with E-state index >= 15 is 0 Å². The zero-order valence-electron chi connectivity index (χ0n) is 13.1. The summed E-state index contributed by atoms with van der Waals surface area (Å²) >= 11 is 1.80. The van der Waals surface area contributed by atoms with Gasteiger partial charge in [-0.3, -0.25) is 0 Å². The fraction of sp³-hybridized carbons (Fsp3) is 0.389. The van der Waals surface area contributed by atoms with Crippen LogP contribution < -0.4 is 5.32 Å². The van der Waals surface area contributed by atoms with Gasteiger partial charge in [-0.15, -0.1) is 17.9 Å². The highest BCUT2D eigenvalue weighted by Crippen LogP contribution is 2.28. The first-order valence-electron chi connectivity index (χ1n) is 7.50. The van der Waals surface area contributed by atoms with E-state index in [1.165, 1.54) is 21.0 Å². The molecule has 1 heterocycles. The quantitative estimate of drug-likeness (QED) is 0.599. The van der Waals surface area contributed by atoms with Crippen molar-refractivity contribution in [3.8, 4) is 11.3 Å². The lowest BCUT2D eigenvalue weighted by Crippen LogP contribution is -2.16. The Bertz CT molecular complexity index is 582. The molecule has 1 N–H and O–H groups in total. The minimum Gasteiger partial charge on any atom is -0.313 e. The van der Waals surface area contributed by atoms with Gasteiger partial charge in [0.05, 0.1) is 10.7 Å². The van der Waals surface area contributed by atoms with E-state index in [9.17, 15) is 0 Å². The van der Waals surface area contributed by atoms with Crippen molar-refractivity contribution in [2.45, 2.75) is 33.1 Å². The van der Waals surface area contributed by atoms with E-state index in [1.807, 2.05) is 6.08 Å². The van der Waals surface area contributed by atoms with Crippen LogP contribution in [0, 0.1) is 6.92 Å². The molecule has 2 rings (SSSR count). The van der Waals surface area contributed by atoms with Gasteiger partial charge >= 0.3 is 0 Å². The molecule has 0 fully saturated rings. The number of nitrogens with one attached hydrogen (secondary N) is 1. The smallest absolute Gasteiger partial charge is 0.0948 e. The summed E-state index contributed by atoms with van der Waals surface area (Å²) in [6.45, 7) is 12.1. The Morgan fingerprint density at radius 1 is 1.29 bits per heavy atom. The number of nitrogens with zero attached hydrogens (tertiary/aromatic N) is 1. The van der Waals surface area contributed by atoms with E-state index in [2.05, 4.69) is 56.9 Å². The number of aryl methyl sites for hydroxylation is 1. The summed E-state index contributed by atoms with van der Waals surface area (Å²) in [7, 11) is 0. The van der Waals surface area contributed by atoms with Crippen LogP contribution in [0.1, 0.15) is 35.2 Å². The molecule has 0 amide bonds. The van der Waals surface area contributed by atoms with Crippen molar-refractivity contribution in [1.29, 1.82) is 0 Å². The van der Waals surface area contributed by atoms with Crippen LogP contribution in [-0.2, 0) is 6.42 Å². The highest BCUT2D eigenvalue weighted by atomic mass is 32.1. The number of benzene rings is 1. The molecule has 0 unspecified atom stereocenters. The normalized spacial score (nSPS) is 11.0. The molecular formula is C18H24N2S. The molecule has 0 aliphatic carbocycles. The Balaban J connectivity index is 2.09. The Morgan fingerprint density at radius 3 is 2.62 bits per heavy atom. The fourth-order valence-corrected chi connectivity index (χ4v) is 3.21. The molecule has 0 bridgehead atoms. The third kappa shape index (κ3) is 4.26. The molecule has 1 aromatic heterocycles. The number of hydrogen-bond donors (Lipinski definition) is 1. The van der Waals surface area contributed by atoms with Crippen LogP contribution >= 0.6 is 11.3 Å². The van der Waals surface area contributed by atoms with Gasteiger partial charge in [0.15, 0.2) is 0 Å². The SMILES string of the molecule is C=CCNCCc1nc(-c2ccc(C(C)C)cc2)c(C)s1. The molecule has 1 aromatic carbocycles. The number of hydrogen-bond acceptors (Lipinski definition) is 3. The van der Waals surface area contributed by atoms with E-state index in [4.69, 9.17) is 4.98 Å². The van der Waals surface area contributed by atoms with Crippen LogP contribution in [0.2, 0.25) is 0 Å². The third-order valence-corrected chi connectivity index (χ3v) is 4.53. The van der Waals surface area contributed by atoms with Gasteiger partial charge < -0.3 is 5.32 Å². The van der Waals surface area contributed by atoms with Crippen LogP contribution in [0.3, 0.4) is 0 Å². The highest BCUT2D eigenvalue weighted by Gasteiger charge is 2.10. The van der Waals surface area contributed by atoms with E-state index in [0.717, 1.165) is 25.2 Å². The lowest BCUT2D eigenvalue weighted by atomic mass is 10.0. The molecule has 0 aliphatic heterocycles. The van der Waals surface area contributed by atoms with E-state index in [1.54, 1.807) is 11.3 Å². The molecule has 2 aromatic rings. The van der Waals surface area contributed by atoms with Crippen molar-refractivity contribution in [3.63, 3.8) is 0 Å². The number of thiazole rings is 1. The molecule has 112 valence electrons. The molecule has 0 radical (unpaired) electrons. The van der Waals surface area contributed by atoms with Crippen molar-refractivity contribution in [2.75, 3.05) is 13.1 Å². The van der Waals surface area contributed by atoms with Crippen molar-refractivity contribution in [1.82, 2.24) is 10.3 Å². The van der Waals surface area contributed by atoms with E-state index < -0.39 is 0 Å². The minimum atomic E-state index is 0.571. The maximum Gasteiger partial charge on any atom is 0.0948 e. The van der Waals surface area contributed by atoms with Gasteiger partial charge in [-0.05, 0) is 18.4 Å². The first-order valence-corrected chi connectivity index (χ1v) is 8.31. The Morgan fingerprint density at radius 2 is 2.00 bits per heavy atom. The van der Waals surface area contributed by atoms with Crippen molar-refractivity contribution in [3.05, 3.63) is 52.4 Å². The largest absolute Gasteiger partial charge is 0.313 e. The van der Waals surface area contributed by atoms with Crippen LogP contribution in [-0.4, -0.2) is 18.1 Å². The molecule has 3 heteroatoms. The summed E-state index contributed by atoms with van der Waals surface area (Å²) in [5, 5.41) is 4.52. The molecule has 21 heavy (non-hydrogen) atoms. The van der Waals surface area contributed by atoms with Crippen molar-refractivity contribution >= 4 is 11.3 Å². The second kappa shape index (κ2) is 7.53. The summed E-state index contributed by atoms with van der Waals surface area (Å²) in [4.78, 5) is 6.10. The third-order valence-electron chi connectivity index (χ3n) is 3.50. The molecule has 0 aliphatic rings. The molecule has 2 nitrogen and oxygen atoms in total. The summed E-state index contributed by atoms with van der Waals surface area (Å²) in [5.74, 6) is 0.571. The average Bonchev–Trinajstić information content (AvgIpc) is 2.85. The predicted octanol–water partition coefficient (Wildman–Crippen LogP) is 4.56. The first kappa shape index (κ1) is 15.9. The minimum absolute atomic E-state index is 0.571. The van der Waals surface area contributed by atoms with Gasteiger partial charge in [-0.25, -0.2) is 4.98 Å². The molecule has 0 atom stereocenters. The standard InChI is InChI=1S/C18H24N2S/c1-5-11-19-12-10-17-20-18(14(4)21-17)16-8-6-15(7-9-16)13(2)3/h5-9,13,19H,1,10-12H2,2-4H3. The zero-order valence-corrected chi connectivity index (χ0v) is 14.0.